The van der Waals surface area contributed by atoms with Gasteiger partial charge in [0.1, 0.15) is 16.7 Å². The van der Waals surface area contributed by atoms with E-state index in [0.717, 1.165) is 25.7 Å². The van der Waals surface area contributed by atoms with E-state index in [1.165, 1.54) is 25.3 Å². The number of methoxy groups -OCH3 is 1. The van der Waals surface area contributed by atoms with Crippen LogP contribution in [0.4, 0.5) is 0 Å². The van der Waals surface area contributed by atoms with Crippen LogP contribution in [0, 0.1) is 0 Å². The van der Waals surface area contributed by atoms with Crippen LogP contribution < -0.4 is 20.1 Å². The Balaban J connectivity index is 2.23. The van der Waals surface area contributed by atoms with Crippen molar-refractivity contribution in [1.29, 1.82) is 0 Å². The Hall–Kier alpha value is -2.13. The quantitative estimate of drug-likeness (QED) is 0.609. The van der Waals surface area contributed by atoms with E-state index in [1.54, 1.807) is 13.8 Å². The number of carbonyl (C=O) groups excluding carboxylic acids is 2. The normalized spacial score (nSPS) is 16.0. The first-order chi connectivity index (χ1) is 12.8. The summed E-state index contributed by atoms with van der Waals surface area (Å²) in [7, 11) is -2.45. The van der Waals surface area contributed by atoms with Gasteiger partial charge in [0.2, 0.25) is 15.9 Å². The van der Waals surface area contributed by atoms with Gasteiger partial charge >= 0.3 is 0 Å². The van der Waals surface area contributed by atoms with Crippen molar-refractivity contribution in [3.8, 4) is 5.75 Å². The van der Waals surface area contributed by atoms with Crippen LogP contribution in [-0.4, -0.2) is 46.0 Å². The highest BCUT2D eigenvalue weighted by Crippen LogP contribution is 2.27. The monoisotopic (exact) mass is 397 g/mol. The SMILES string of the molecule is CCNC(=O)C(C)NC(=O)c1ccc(OC)c(S(=O)(=O)NC2CCCC2)c1. The molecule has 2 rings (SSSR count). The van der Waals surface area contributed by atoms with Gasteiger partial charge in [-0.1, -0.05) is 12.8 Å². The molecule has 0 bridgehead atoms. The van der Waals surface area contributed by atoms with Crippen molar-refractivity contribution in [3.63, 3.8) is 0 Å². The summed E-state index contributed by atoms with van der Waals surface area (Å²) in [5, 5.41) is 5.18. The number of amides is 2. The number of sulfonamides is 1. The van der Waals surface area contributed by atoms with Gasteiger partial charge in [0.25, 0.3) is 5.91 Å². The first-order valence-electron chi connectivity index (χ1n) is 9.07. The Morgan fingerprint density at radius 2 is 1.93 bits per heavy atom. The van der Waals surface area contributed by atoms with E-state index in [-0.39, 0.29) is 28.2 Å². The van der Waals surface area contributed by atoms with Crippen LogP contribution in [-0.2, 0) is 14.8 Å². The van der Waals surface area contributed by atoms with Crippen molar-refractivity contribution in [3.05, 3.63) is 23.8 Å². The molecule has 2 amide bonds. The zero-order valence-corrected chi connectivity index (χ0v) is 16.7. The lowest BCUT2D eigenvalue weighted by molar-refractivity contribution is -0.122. The van der Waals surface area contributed by atoms with Crippen molar-refractivity contribution in [1.82, 2.24) is 15.4 Å². The highest BCUT2D eigenvalue weighted by Gasteiger charge is 2.27. The molecule has 1 saturated carbocycles. The number of rotatable bonds is 8. The van der Waals surface area contributed by atoms with E-state index in [4.69, 9.17) is 4.74 Å². The molecule has 27 heavy (non-hydrogen) atoms. The number of hydrogen-bond acceptors (Lipinski definition) is 5. The number of carbonyl (C=O) groups is 2. The summed E-state index contributed by atoms with van der Waals surface area (Å²) in [6, 6.07) is 3.34. The molecule has 9 heteroatoms. The highest BCUT2D eigenvalue weighted by atomic mass is 32.2. The number of hydrogen-bond donors (Lipinski definition) is 3. The molecule has 3 N–H and O–H groups in total. The van der Waals surface area contributed by atoms with E-state index in [2.05, 4.69) is 15.4 Å². The van der Waals surface area contributed by atoms with Crippen molar-refractivity contribution in [2.45, 2.75) is 56.5 Å². The van der Waals surface area contributed by atoms with Gasteiger partial charge in [0, 0.05) is 18.2 Å². The zero-order chi connectivity index (χ0) is 20.0. The number of ether oxygens (including phenoxy) is 1. The van der Waals surface area contributed by atoms with Crippen LogP contribution in [0.3, 0.4) is 0 Å². The maximum atomic E-state index is 12.8. The molecule has 1 aromatic rings. The van der Waals surface area contributed by atoms with E-state index in [9.17, 15) is 18.0 Å². The first-order valence-corrected chi connectivity index (χ1v) is 10.6. The molecule has 0 radical (unpaired) electrons. The van der Waals surface area contributed by atoms with Gasteiger partial charge in [0.05, 0.1) is 7.11 Å². The summed E-state index contributed by atoms with van der Waals surface area (Å²) in [6.45, 7) is 3.80. The predicted molar refractivity (Wildman–Crippen MR) is 101 cm³/mol. The second-order valence-corrected chi connectivity index (χ2v) is 8.24. The Kier molecular flexibility index (Phi) is 7.20. The van der Waals surface area contributed by atoms with Crippen molar-refractivity contribution < 1.29 is 22.7 Å². The summed E-state index contributed by atoms with van der Waals surface area (Å²) in [5.41, 5.74) is 0.138. The van der Waals surface area contributed by atoms with Gasteiger partial charge in [0.15, 0.2) is 0 Å². The molecule has 1 unspecified atom stereocenters. The molecular formula is C18H27N3O5S. The van der Waals surface area contributed by atoms with Crippen molar-refractivity contribution in [2.75, 3.05) is 13.7 Å². The Bertz CT molecular complexity index is 788. The molecule has 1 aliphatic carbocycles. The second-order valence-electron chi connectivity index (χ2n) is 6.56. The van der Waals surface area contributed by atoms with Gasteiger partial charge in [-0.3, -0.25) is 9.59 Å². The lowest BCUT2D eigenvalue weighted by Gasteiger charge is -2.17. The first kappa shape index (κ1) is 21.2. The second kappa shape index (κ2) is 9.18. The molecule has 0 aromatic heterocycles. The summed E-state index contributed by atoms with van der Waals surface area (Å²) in [6.07, 6.45) is 3.58. The van der Waals surface area contributed by atoms with Gasteiger partial charge in [-0.05, 0) is 44.9 Å². The van der Waals surface area contributed by atoms with Crippen LogP contribution in [0.2, 0.25) is 0 Å². The van der Waals surface area contributed by atoms with E-state index >= 15 is 0 Å². The minimum atomic E-state index is -3.83. The lowest BCUT2D eigenvalue weighted by atomic mass is 10.2. The third-order valence-electron chi connectivity index (χ3n) is 4.48. The maximum Gasteiger partial charge on any atom is 0.251 e. The zero-order valence-electron chi connectivity index (χ0n) is 15.9. The molecule has 1 fully saturated rings. The number of benzene rings is 1. The number of nitrogens with one attached hydrogen (secondary N) is 3. The van der Waals surface area contributed by atoms with Crippen LogP contribution >= 0.6 is 0 Å². The van der Waals surface area contributed by atoms with Gasteiger partial charge in [-0.25, -0.2) is 13.1 Å². The fourth-order valence-corrected chi connectivity index (χ4v) is 4.53. The molecule has 0 spiro atoms. The smallest absolute Gasteiger partial charge is 0.251 e. The molecule has 0 aliphatic heterocycles. The summed E-state index contributed by atoms with van der Waals surface area (Å²) in [4.78, 5) is 24.1. The topological polar surface area (TPSA) is 114 Å². The summed E-state index contributed by atoms with van der Waals surface area (Å²) < 4.78 is 33.4. The third kappa shape index (κ3) is 5.43. The molecule has 0 heterocycles. The fraction of sp³-hybridized carbons (Fsp3) is 0.556. The van der Waals surface area contributed by atoms with Gasteiger partial charge < -0.3 is 15.4 Å². The average molecular weight is 397 g/mol. The maximum absolute atomic E-state index is 12.8. The molecule has 1 atom stereocenters. The van der Waals surface area contributed by atoms with Crippen LogP contribution in [0.1, 0.15) is 49.9 Å². The molecule has 0 saturated heterocycles. The Morgan fingerprint density at radius 3 is 2.52 bits per heavy atom. The highest BCUT2D eigenvalue weighted by molar-refractivity contribution is 7.89. The average Bonchev–Trinajstić information content (AvgIpc) is 3.13. The molecule has 150 valence electrons. The summed E-state index contributed by atoms with van der Waals surface area (Å²) >= 11 is 0. The van der Waals surface area contributed by atoms with Gasteiger partial charge in [-0.2, -0.15) is 0 Å². The van der Waals surface area contributed by atoms with Crippen LogP contribution in [0.25, 0.3) is 0 Å². The van der Waals surface area contributed by atoms with Crippen molar-refractivity contribution in [2.24, 2.45) is 0 Å². The molecule has 8 nitrogen and oxygen atoms in total. The van der Waals surface area contributed by atoms with E-state index < -0.39 is 22.0 Å². The van der Waals surface area contributed by atoms with Crippen molar-refractivity contribution >= 4 is 21.8 Å². The van der Waals surface area contributed by atoms with Crippen LogP contribution in [0.5, 0.6) is 5.75 Å². The fourth-order valence-electron chi connectivity index (χ4n) is 3.03. The van der Waals surface area contributed by atoms with Crippen LogP contribution in [0.15, 0.2) is 23.1 Å². The Morgan fingerprint density at radius 1 is 1.26 bits per heavy atom. The molecule has 1 aliphatic rings. The third-order valence-corrected chi connectivity index (χ3v) is 6.03. The van der Waals surface area contributed by atoms with Gasteiger partial charge in [-0.15, -0.1) is 0 Å². The largest absolute Gasteiger partial charge is 0.495 e. The molecular weight excluding hydrogens is 370 g/mol. The van der Waals surface area contributed by atoms with E-state index in [1.807, 2.05) is 0 Å². The Labute approximate surface area is 160 Å². The lowest BCUT2D eigenvalue weighted by Crippen LogP contribution is -2.44. The minimum Gasteiger partial charge on any atom is -0.495 e. The number of likely N-dealkylation sites (N-methyl/N-ethyl adjacent to an activating group) is 1. The standard InChI is InChI=1S/C18H27N3O5S/c1-4-19-17(22)12(2)20-18(23)13-9-10-15(26-3)16(11-13)27(24,25)21-14-7-5-6-8-14/h9-12,14,21H,4-8H2,1-3H3,(H,19,22)(H,20,23). The summed E-state index contributed by atoms with van der Waals surface area (Å²) in [5.74, 6) is -0.683. The minimum absolute atomic E-state index is 0.0878. The molecule has 1 aromatic carbocycles. The predicted octanol–water partition coefficient (Wildman–Crippen LogP) is 1.17. The van der Waals surface area contributed by atoms with E-state index in [0.29, 0.717) is 6.54 Å².